The van der Waals surface area contributed by atoms with E-state index in [1.54, 1.807) is 11.3 Å². The van der Waals surface area contributed by atoms with Crippen molar-refractivity contribution < 1.29 is 9.59 Å². The van der Waals surface area contributed by atoms with E-state index in [4.69, 9.17) is 5.73 Å². The molecule has 1 saturated heterocycles. The average Bonchev–Trinajstić information content (AvgIpc) is 2.98. The van der Waals surface area contributed by atoms with Crippen LogP contribution in [0.15, 0.2) is 5.38 Å². The molecule has 1 fully saturated rings. The molecule has 2 rings (SSSR count). The Bertz CT molecular complexity index is 558. The number of nitrogens with zero attached hydrogens (tertiary/aromatic N) is 2. The second-order valence-electron chi connectivity index (χ2n) is 6.49. The maximum Gasteiger partial charge on any atom is 0.241 e. The molecule has 1 aromatic rings. The summed E-state index contributed by atoms with van der Waals surface area (Å²) in [7, 11) is 0. The number of rotatable bonds is 5. The van der Waals surface area contributed by atoms with E-state index in [2.05, 4.69) is 10.3 Å². The minimum atomic E-state index is -0.574. The first kappa shape index (κ1) is 17.9. The second-order valence-corrected chi connectivity index (χ2v) is 7.38. The Balaban J connectivity index is 1.86. The monoisotopic (exact) mass is 338 g/mol. The number of hydrogen-bond donors (Lipinski definition) is 2. The molecule has 1 unspecified atom stereocenters. The highest BCUT2D eigenvalue weighted by molar-refractivity contribution is 7.09. The van der Waals surface area contributed by atoms with Crippen LogP contribution in [0.25, 0.3) is 0 Å². The van der Waals surface area contributed by atoms with Gasteiger partial charge in [0.15, 0.2) is 0 Å². The Morgan fingerprint density at radius 2 is 2.26 bits per heavy atom. The molecule has 2 atom stereocenters. The van der Waals surface area contributed by atoms with Crippen LogP contribution in [-0.2, 0) is 9.59 Å². The fraction of sp³-hybridized carbons (Fsp3) is 0.688. The summed E-state index contributed by atoms with van der Waals surface area (Å²) in [6.07, 6.45) is 2.02. The van der Waals surface area contributed by atoms with Crippen molar-refractivity contribution >= 4 is 23.2 Å². The molecule has 2 heterocycles. The highest BCUT2D eigenvalue weighted by Gasteiger charge is 2.27. The van der Waals surface area contributed by atoms with Crippen LogP contribution in [0.5, 0.6) is 0 Å². The summed E-state index contributed by atoms with van der Waals surface area (Å²) in [5.41, 5.74) is 6.81. The number of carbonyl (C=O) groups is 2. The lowest BCUT2D eigenvalue weighted by Crippen LogP contribution is -2.49. The van der Waals surface area contributed by atoms with Crippen molar-refractivity contribution in [1.82, 2.24) is 15.2 Å². The van der Waals surface area contributed by atoms with Crippen molar-refractivity contribution in [2.24, 2.45) is 11.7 Å². The molecule has 0 aromatic carbocycles. The van der Waals surface area contributed by atoms with Crippen molar-refractivity contribution in [1.29, 1.82) is 0 Å². The lowest BCUT2D eigenvalue weighted by molar-refractivity contribution is -0.134. The predicted molar refractivity (Wildman–Crippen MR) is 91.2 cm³/mol. The Kier molecular flexibility index (Phi) is 6.12. The highest BCUT2D eigenvalue weighted by Crippen LogP contribution is 2.29. The third-order valence-electron chi connectivity index (χ3n) is 4.19. The number of nitrogens with one attached hydrogen (secondary N) is 1. The van der Waals surface area contributed by atoms with Crippen LogP contribution in [0, 0.1) is 12.8 Å². The largest absolute Gasteiger partial charge is 0.346 e. The van der Waals surface area contributed by atoms with Gasteiger partial charge in [0.05, 0.1) is 17.6 Å². The van der Waals surface area contributed by atoms with Crippen LogP contribution in [0.1, 0.15) is 43.3 Å². The van der Waals surface area contributed by atoms with E-state index < -0.39 is 6.04 Å². The number of aryl methyl sites for hydroxylation is 1. The van der Waals surface area contributed by atoms with Gasteiger partial charge in [0.25, 0.3) is 0 Å². The van der Waals surface area contributed by atoms with Crippen molar-refractivity contribution in [2.45, 2.75) is 45.6 Å². The van der Waals surface area contributed by atoms with Gasteiger partial charge in [0.2, 0.25) is 11.8 Å². The molecule has 0 bridgehead atoms. The molecule has 2 amide bonds. The van der Waals surface area contributed by atoms with Crippen molar-refractivity contribution in [3.8, 4) is 0 Å². The average molecular weight is 338 g/mol. The van der Waals surface area contributed by atoms with Gasteiger partial charge >= 0.3 is 0 Å². The summed E-state index contributed by atoms with van der Waals surface area (Å²) >= 11 is 1.66. The number of nitrogens with two attached hydrogens (primary N) is 1. The molecule has 0 radical (unpaired) electrons. The van der Waals surface area contributed by atoms with E-state index in [-0.39, 0.29) is 24.3 Å². The lowest BCUT2D eigenvalue weighted by atomic mass is 9.98. The van der Waals surface area contributed by atoms with Gasteiger partial charge in [-0.15, -0.1) is 11.3 Å². The van der Waals surface area contributed by atoms with Crippen LogP contribution in [0.2, 0.25) is 0 Å². The number of likely N-dealkylation sites (tertiary alicyclic amines) is 1. The van der Waals surface area contributed by atoms with E-state index in [0.29, 0.717) is 12.5 Å². The van der Waals surface area contributed by atoms with Gasteiger partial charge in [0.1, 0.15) is 0 Å². The smallest absolute Gasteiger partial charge is 0.241 e. The summed E-state index contributed by atoms with van der Waals surface area (Å²) in [5.74, 6) is 0.0439. The maximum atomic E-state index is 12.3. The third-order valence-corrected chi connectivity index (χ3v) is 5.32. The SMILES string of the molecule is Cc1csc(C2CCCN(C(=O)CNC(=O)[C@@H](N)C(C)C)C2)n1. The van der Waals surface area contributed by atoms with Crippen molar-refractivity contribution in [2.75, 3.05) is 19.6 Å². The molecule has 23 heavy (non-hydrogen) atoms. The summed E-state index contributed by atoms with van der Waals surface area (Å²) in [6.45, 7) is 7.19. The molecule has 0 spiro atoms. The van der Waals surface area contributed by atoms with E-state index in [1.807, 2.05) is 31.1 Å². The molecule has 1 aromatic heterocycles. The predicted octanol–water partition coefficient (Wildman–Crippen LogP) is 1.26. The minimum Gasteiger partial charge on any atom is -0.346 e. The number of hydrogen-bond acceptors (Lipinski definition) is 5. The van der Waals surface area contributed by atoms with Crippen LogP contribution in [0.3, 0.4) is 0 Å². The molecular weight excluding hydrogens is 312 g/mol. The molecule has 1 aliphatic rings. The zero-order chi connectivity index (χ0) is 17.0. The van der Waals surface area contributed by atoms with Gasteiger partial charge in [-0.25, -0.2) is 4.98 Å². The van der Waals surface area contributed by atoms with Gasteiger partial charge in [-0.3, -0.25) is 9.59 Å². The topological polar surface area (TPSA) is 88.3 Å². The van der Waals surface area contributed by atoms with Gasteiger partial charge in [0, 0.05) is 30.1 Å². The third kappa shape index (κ3) is 4.75. The number of amides is 2. The zero-order valence-corrected chi connectivity index (χ0v) is 14.9. The van der Waals surface area contributed by atoms with Crippen molar-refractivity contribution in [3.05, 3.63) is 16.1 Å². The molecule has 128 valence electrons. The van der Waals surface area contributed by atoms with Gasteiger partial charge in [-0.1, -0.05) is 13.8 Å². The van der Waals surface area contributed by atoms with E-state index >= 15 is 0 Å². The summed E-state index contributed by atoms with van der Waals surface area (Å²) < 4.78 is 0. The lowest BCUT2D eigenvalue weighted by Gasteiger charge is -2.32. The fourth-order valence-corrected chi connectivity index (χ4v) is 3.59. The maximum absolute atomic E-state index is 12.3. The molecule has 0 saturated carbocycles. The normalized spacial score (nSPS) is 19.7. The molecule has 6 nitrogen and oxygen atoms in total. The summed E-state index contributed by atoms with van der Waals surface area (Å²) in [4.78, 5) is 30.5. The quantitative estimate of drug-likeness (QED) is 0.846. The van der Waals surface area contributed by atoms with Crippen LogP contribution < -0.4 is 11.1 Å². The molecular formula is C16H26N4O2S. The van der Waals surface area contributed by atoms with Gasteiger partial charge < -0.3 is 16.0 Å². The highest BCUT2D eigenvalue weighted by atomic mass is 32.1. The Morgan fingerprint density at radius 1 is 1.52 bits per heavy atom. The van der Waals surface area contributed by atoms with Crippen molar-refractivity contribution in [3.63, 3.8) is 0 Å². The minimum absolute atomic E-state index is 0.0167. The van der Waals surface area contributed by atoms with Gasteiger partial charge in [-0.05, 0) is 25.7 Å². The number of aromatic nitrogens is 1. The first-order chi connectivity index (χ1) is 10.9. The number of thiazole rings is 1. The molecule has 1 aliphatic heterocycles. The zero-order valence-electron chi connectivity index (χ0n) is 14.0. The first-order valence-corrected chi connectivity index (χ1v) is 8.99. The Hall–Kier alpha value is -1.47. The fourth-order valence-electron chi connectivity index (χ4n) is 2.66. The van der Waals surface area contributed by atoms with Crippen LogP contribution >= 0.6 is 11.3 Å². The van der Waals surface area contributed by atoms with E-state index in [0.717, 1.165) is 30.1 Å². The summed E-state index contributed by atoms with van der Waals surface area (Å²) in [6, 6.07) is -0.574. The number of carbonyl (C=O) groups excluding carboxylic acids is 2. The standard InChI is InChI=1S/C16H26N4O2S/c1-10(2)14(17)15(22)18-7-13(21)20-6-4-5-12(8-20)16-19-11(3)9-23-16/h9-10,12,14H,4-8,17H2,1-3H3,(H,18,22)/t12?,14-/m0/s1. The second kappa shape index (κ2) is 7.88. The first-order valence-electron chi connectivity index (χ1n) is 8.11. The number of piperidine rings is 1. The summed E-state index contributed by atoms with van der Waals surface area (Å²) in [5, 5.41) is 5.80. The Labute approximate surface area is 141 Å². The molecule has 7 heteroatoms. The van der Waals surface area contributed by atoms with Gasteiger partial charge in [-0.2, -0.15) is 0 Å². The van der Waals surface area contributed by atoms with E-state index in [1.165, 1.54) is 0 Å². The molecule has 0 aliphatic carbocycles. The molecule has 3 N–H and O–H groups in total. The van der Waals surface area contributed by atoms with E-state index in [9.17, 15) is 9.59 Å². The van der Waals surface area contributed by atoms with Crippen LogP contribution in [0.4, 0.5) is 0 Å². The van der Waals surface area contributed by atoms with Crippen LogP contribution in [-0.4, -0.2) is 47.4 Å². The Morgan fingerprint density at radius 3 is 2.87 bits per heavy atom.